The normalized spacial score (nSPS) is 15.2. The van der Waals surface area contributed by atoms with E-state index in [2.05, 4.69) is 16.6 Å². The van der Waals surface area contributed by atoms with Gasteiger partial charge < -0.3 is 10.2 Å². The zero-order chi connectivity index (χ0) is 20.6. The lowest BCUT2D eigenvalue weighted by Gasteiger charge is -2.34. The van der Waals surface area contributed by atoms with Crippen LogP contribution in [0.3, 0.4) is 0 Å². The summed E-state index contributed by atoms with van der Waals surface area (Å²) in [4.78, 5) is 27.7. The Balaban J connectivity index is 1.73. The lowest BCUT2D eigenvalue weighted by molar-refractivity contribution is -0.133. The van der Waals surface area contributed by atoms with Crippen molar-refractivity contribution in [3.63, 3.8) is 0 Å². The van der Waals surface area contributed by atoms with Gasteiger partial charge in [0.25, 0.3) is 0 Å². The molecule has 8 nitrogen and oxygen atoms in total. The lowest BCUT2D eigenvalue weighted by atomic mass is 10.2. The van der Waals surface area contributed by atoms with E-state index in [0.717, 1.165) is 0 Å². The van der Waals surface area contributed by atoms with Gasteiger partial charge in [0.1, 0.15) is 0 Å². The number of hydrogen-bond acceptors (Lipinski definition) is 5. The topological polar surface area (TPSA) is 98.8 Å². The molecule has 0 bridgehead atoms. The maximum Gasteiger partial charge on any atom is 0.240 e. The van der Waals surface area contributed by atoms with Gasteiger partial charge in [-0.25, -0.2) is 13.1 Å². The number of carbonyl (C=O) groups is 2. The highest BCUT2D eigenvalue weighted by molar-refractivity contribution is 7.89. The SMILES string of the molecule is C=CCNC(=O)CN1CCN(C(=O)CCNS(=O)(=O)c2cccc(Cl)c2)CC1. The second-order valence-corrected chi connectivity index (χ2v) is 8.56. The van der Waals surface area contributed by atoms with Gasteiger partial charge >= 0.3 is 0 Å². The summed E-state index contributed by atoms with van der Waals surface area (Å²) in [6.07, 6.45) is 1.69. The van der Waals surface area contributed by atoms with Gasteiger partial charge in [-0.2, -0.15) is 0 Å². The third-order valence-electron chi connectivity index (χ3n) is 4.27. The third kappa shape index (κ3) is 6.90. The van der Waals surface area contributed by atoms with Crippen molar-refractivity contribution in [2.24, 2.45) is 0 Å². The van der Waals surface area contributed by atoms with Crippen LogP contribution in [0.1, 0.15) is 6.42 Å². The van der Waals surface area contributed by atoms with Crippen LogP contribution in [0.25, 0.3) is 0 Å². The maximum atomic E-state index is 12.3. The number of piperazine rings is 1. The lowest BCUT2D eigenvalue weighted by Crippen LogP contribution is -2.51. The minimum Gasteiger partial charge on any atom is -0.352 e. The first-order chi connectivity index (χ1) is 13.3. The smallest absolute Gasteiger partial charge is 0.240 e. The van der Waals surface area contributed by atoms with Crippen molar-refractivity contribution in [1.82, 2.24) is 19.8 Å². The van der Waals surface area contributed by atoms with Crippen LogP contribution in [-0.4, -0.2) is 75.8 Å². The van der Waals surface area contributed by atoms with Crippen LogP contribution in [0.4, 0.5) is 0 Å². The van der Waals surface area contributed by atoms with Gasteiger partial charge in [0.2, 0.25) is 21.8 Å². The number of nitrogens with zero attached hydrogens (tertiary/aromatic N) is 2. The number of benzene rings is 1. The van der Waals surface area contributed by atoms with Crippen molar-refractivity contribution < 1.29 is 18.0 Å². The van der Waals surface area contributed by atoms with Crippen molar-refractivity contribution in [3.8, 4) is 0 Å². The largest absolute Gasteiger partial charge is 0.352 e. The van der Waals surface area contributed by atoms with Gasteiger partial charge in [0.15, 0.2) is 0 Å². The van der Waals surface area contributed by atoms with Crippen molar-refractivity contribution >= 4 is 33.4 Å². The van der Waals surface area contributed by atoms with E-state index in [0.29, 0.717) is 37.7 Å². The van der Waals surface area contributed by atoms with E-state index in [1.807, 2.05) is 4.90 Å². The molecule has 0 spiro atoms. The summed E-state index contributed by atoms with van der Waals surface area (Å²) in [5, 5.41) is 3.05. The molecule has 1 aliphatic heterocycles. The Morgan fingerprint density at radius 2 is 1.93 bits per heavy atom. The molecular weight excluding hydrogens is 404 g/mol. The van der Waals surface area contributed by atoms with Crippen molar-refractivity contribution in [2.45, 2.75) is 11.3 Å². The van der Waals surface area contributed by atoms with Crippen LogP contribution in [0.2, 0.25) is 5.02 Å². The van der Waals surface area contributed by atoms with Crippen LogP contribution in [0, 0.1) is 0 Å². The van der Waals surface area contributed by atoms with Crippen LogP contribution in [0.15, 0.2) is 41.8 Å². The Bertz CT molecular complexity index is 808. The molecule has 0 saturated carbocycles. The number of hydrogen-bond donors (Lipinski definition) is 2. The second kappa shape index (κ2) is 10.6. The molecule has 1 heterocycles. The molecule has 0 atom stereocenters. The summed E-state index contributed by atoms with van der Waals surface area (Å²) < 4.78 is 26.9. The van der Waals surface area contributed by atoms with E-state index in [1.165, 1.54) is 12.1 Å². The molecule has 2 rings (SSSR count). The zero-order valence-corrected chi connectivity index (χ0v) is 17.1. The fraction of sp³-hybridized carbons (Fsp3) is 0.444. The van der Waals surface area contributed by atoms with Crippen LogP contribution >= 0.6 is 11.6 Å². The molecule has 154 valence electrons. The Morgan fingerprint density at radius 1 is 1.21 bits per heavy atom. The van der Waals surface area contributed by atoms with Crippen molar-refractivity contribution in [2.75, 3.05) is 45.8 Å². The molecule has 1 saturated heterocycles. The molecule has 28 heavy (non-hydrogen) atoms. The molecule has 1 aromatic rings. The summed E-state index contributed by atoms with van der Waals surface area (Å²) in [6.45, 7) is 6.49. The van der Waals surface area contributed by atoms with E-state index >= 15 is 0 Å². The number of rotatable bonds is 9. The minimum atomic E-state index is -3.70. The summed E-state index contributed by atoms with van der Waals surface area (Å²) in [5.41, 5.74) is 0. The quantitative estimate of drug-likeness (QED) is 0.556. The second-order valence-electron chi connectivity index (χ2n) is 6.35. The van der Waals surface area contributed by atoms with E-state index in [9.17, 15) is 18.0 Å². The highest BCUT2D eigenvalue weighted by atomic mass is 35.5. The standard InChI is InChI=1S/C18H25ClN4O4S/c1-2-7-20-17(24)14-22-9-11-23(12-10-22)18(25)6-8-21-28(26,27)16-5-3-4-15(19)13-16/h2-5,13,21H,1,6-12,14H2,(H,20,24). The average molecular weight is 429 g/mol. The first-order valence-corrected chi connectivity index (χ1v) is 10.8. The van der Waals surface area contributed by atoms with Crippen LogP contribution in [-0.2, 0) is 19.6 Å². The Morgan fingerprint density at radius 3 is 2.57 bits per heavy atom. The summed E-state index contributed by atoms with van der Waals surface area (Å²) in [5.74, 6) is -0.195. The van der Waals surface area contributed by atoms with Gasteiger partial charge in [0, 0.05) is 50.7 Å². The molecule has 1 aliphatic rings. The van der Waals surface area contributed by atoms with E-state index in [4.69, 9.17) is 11.6 Å². The van der Waals surface area contributed by atoms with Gasteiger partial charge in [-0.3, -0.25) is 14.5 Å². The fourth-order valence-electron chi connectivity index (χ4n) is 2.77. The van der Waals surface area contributed by atoms with Crippen molar-refractivity contribution in [3.05, 3.63) is 41.9 Å². The van der Waals surface area contributed by atoms with Gasteiger partial charge in [-0.1, -0.05) is 23.7 Å². The molecule has 0 radical (unpaired) electrons. The van der Waals surface area contributed by atoms with Crippen LogP contribution < -0.4 is 10.0 Å². The molecule has 0 unspecified atom stereocenters. The van der Waals surface area contributed by atoms with E-state index in [1.54, 1.807) is 23.1 Å². The highest BCUT2D eigenvalue weighted by Gasteiger charge is 2.22. The van der Waals surface area contributed by atoms with Gasteiger partial charge in [0.05, 0.1) is 11.4 Å². The highest BCUT2D eigenvalue weighted by Crippen LogP contribution is 2.15. The number of amides is 2. The molecule has 1 fully saturated rings. The molecule has 0 aliphatic carbocycles. The average Bonchev–Trinajstić information content (AvgIpc) is 2.66. The monoisotopic (exact) mass is 428 g/mol. The van der Waals surface area contributed by atoms with Crippen LogP contribution in [0.5, 0.6) is 0 Å². The molecule has 10 heteroatoms. The molecular formula is C18H25ClN4O4S. The predicted octanol–water partition coefficient (Wildman–Crippen LogP) is 0.455. The Hall–Kier alpha value is -1.94. The first-order valence-electron chi connectivity index (χ1n) is 8.95. The molecule has 1 aromatic carbocycles. The first kappa shape index (κ1) is 22.4. The van der Waals surface area contributed by atoms with E-state index < -0.39 is 10.0 Å². The fourth-order valence-corrected chi connectivity index (χ4v) is 4.10. The number of carbonyl (C=O) groups excluding carboxylic acids is 2. The predicted molar refractivity (Wildman–Crippen MR) is 107 cm³/mol. The van der Waals surface area contributed by atoms with Gasteiger partial charge in [-0.15, -0.1) is 6.58 Å². The summed E-state index contributed by atoms with van der Waals surface area (Å²) in [6, 6.07) is 5.95. The summed E-state index contributed by atoms with van der Waals surface area (Å²) >= 11 is 5.82. The third-order valence-corrected chi connectivity index (χ3v) is 5.97. The summed E-state index contributed by atoms with van der Waals surface area (Å²) in [7, 11) is -3.70. The van der Waals surface area contributed by atoms with E-state index in [-0.39, 0.29) is 36.2 Å². The number of nitrogens with one attached hydrogen (secondary N) is 2. The molecule has 0 aromatic heterocycles. The Kier molecular flexibility index (Phi) is 8.43. The minimum absolute atomic E-state index is 0.0118. The number of halogens is 1. The van der Waals surface area contributed by atoms with Crippen molar-refractivity contribution in [1.29, 1.82) is 0 Å². The molecule has 2 N–H and O–H groups in total. The molecule has 2 amide bonds. The van der Waals surface area contributed by atoms with Gasteiger partial charge in [-0.05, 0) is 18.2 Å². The maximum absolute atomic E-state index is 12.3. The zero-order valence-electron chi connectivity index (χ0n) is 15.6. The number of sulfonamides is 1. The Labute approximate surface area is 170 Å².